The summed E-state index contributed by atoms with van der Waals surface area (Å²) in [4.78, 5) is 11.6. The van der Waals surface area contributed by atoms with Gasteiger partial charge in [0.15, 0.2) is 0 Å². The van der Waals surface area contributed by atoms with E-state index in [9.17, 15) is 9.18 Å². The Kier molecular flexibility index (Phi) is 19.9. The Balaban J connectivity index is 3.66. The predicted molar refractivity (Wildman–Crippen MR) is 126 cm³/mol. The molecule has 0 radical (unpaired) electrons. The van der Waals surface area contributed by atoms with Gasteiger partial charge in [0.1, 0.15) is 6.67 Å². The summed E-state index contributed by atoms with van der Waals surface area (Å²) in [6.07, 6.45) is 29.0. The number of nitrogens with one attached hydrogen (secondary N) is 1. The van der Waals surface area contributed by atoms with Crippen molar-refractivity contribution in [3.63, 3.8) is 0 Å². The Morgan fingerprint density at radius 2 is 1.48 bits per heavy atom. The van der Waals surface area contributed by atoms with Crippen molar-refractivity contribution in [3.8, 4) is 0 Å². The lowest BCUT2D eigenvalue weighted by Crippen LogP contribution is -2.30. The van der Waals surface area contributed by atoms with Gasteiger partial charge in [0.25, 0.3) is 0 Å². The summed E-state index contributed by atoms with van der Waals surface area (Å²) in [5.41, 5.74) is 0. The quantitative estimate of drug-likeness (QED) is 0.186. The molecule has 0 aromatic carbocycles. The van der Waals surface area contributed by atoms with Crippen molar-refractivity contribution in [2.24, 2.45) is 11.8 Å². The largest absolute Gasteiger partial charge is 0.353 e. The lowest BCUT2D eigenvalue weighted by molar-refractivity contribution is -0.124. The molecule has 0 aliphatic rings. The van der Waals surface area contributed by atoms with Gasteiger partial charge in [0.2, 0.25) is 5.91 Å². The van der Waals surface area contributed by atoms with Gasteiger partial charge in [-0.1, -0.05) is 95.1 Å². The molecule has 0 saturated carbocycles. The number of rotatable bonds is 18. The molecule has 0 aliphatic carbocycles. The lowest BCUT2D eigenvalue weighted by Gasteiger charge is -2.09. The van der Waals surface area contributed by atoms with Gasteiger partial charge in [-0.05, 0) is 44.4 Å². The number of allylic oxidation sites excluding steroid dienone is 8. The van der Waals surface area contributed by atoms with Crippen LogP contribution >= 0.6 is 0 Å². The van der Waals surface area contributed by atoms with Crippen molar-refractivity contribution in [2.75, 3.05) is 13.2 Å². The van der Waals surface area contributed by atoms with Crippen molar-refractivity contribution < 1.29 is 9.18 Å². The number of hydrogen-bond donors (Lipinski definition) is 1. The predicted octanol–water partition coefficient (Wildman–Crippen LogP) is 7.49. The average molecular weight is 406 g/mol. The second kappa shape index (κ2) is 21.1. The van der Waals surface area contributed by atoms with E-state index in [1.165, 1.54) is 32.1 Å². The standard InChI is InChI=1S/C26H44FNO/c1-4-5-6-16-19-24(2)20-17-14-12-10-8-7-9-11-13-15-18-21-25(3)26(29)28-23-22-27/h7,9-10,12-13,15,17,20,24-25H,4-6,8,11,14,16,18-19,21-23H2,1-3H3,(H,28,29)/b9-7-,12-10-,15-13-,20-17-/t24?,25-/m0/s1. The third-order valence-corrected chi connectivity index (χ3v) is 4.90. The molecule has 1 unspecified atom stereocenters. The van der Waals surface area contributed by atoms with Gasteiger partial charge < -0.3 is 5.32 Å². The van der Waals surface area contributed by atoms with Crippen LogP contribution in [0.1, 0.15) is 85.0 Å². The fraction of sp³-hybridized carbons (Fsp3) is 0.654. The van der Waals surface area contributed by atoms with E-state index >= 15 is 0 Å². The second-order valence-corrected chi connectivity index (χ2v) is 7.83. The summed E-state index contributed by atoms with van der Waals surface area (Å²) in [5.74, 6) is 0.573. The van der Waals surface area contributed by atoms with E-state index in [0.717, 1.165) is 32.1 Å². The zero-order valence-corrected chi connectivity index (χ0v) is 19.0. The summed E-state index contributed by atoms with van der Waals surface area (Å²) in [5, 5.41) is 2.58. The van der Waals surface area contributed by atoms with Crippen molar-refractivity contribution in [1.29, 1.82) is 0 Å². The summed E-state index contributed by atoms with van der Waals surface area (Å²) in [7, 11) is 0. The molecule has 0 bridgehead atoms. The minimum Gasteiger partial charge on any atom is -0.353 e. The minimum atomic E-state index is -0.505. The maximum Gasteiger partial charge on any atom is 0.222 e. The fourth-order valence-corrected chi connectivity index (χ4v) is 2.96. The maximum absolute atomic E-state index is 12.0. The first kappa shape index (κ1) is 27.4. The Bertz CT molecular complexity index is 493. The molecular formula is C26H44FNO. The molecule has 3 heteroatoms. The molecule has 0 spiro atoms. The van der Waals surface area contributed by atoms with Crippen LogP contribution in [-0.4, -0.2) is 19.1 Å². The minimum absolute atomic E-state index is 0.0565. The van der Waals surface area contributed by atoms with Crippen molar-refractivity contribution in [2.45, 2.75) is 85.0 Å². The Labute approximate surface area is 179 Å². The second-order valence-electron chi connectivity index (χ2n) is 7.83. The van der Waals surface area contributed by atoms with Crippen molar-refractivity contribution in [1.82, 2.24) is 5.32 Å². The van der Waals surface area contributed by atoms with Crippen LogP contribution in [0.4, 0.5) is 4.39 Å². The van der Waals surface area contributed by atoms with Gasteiger partial charge in [-0.2, -0.15) is 0 Å². The molecule has 1 N–H and O–H groups in total. The SMILES string of the molecule is CCCCCCC(C)/C=C\C/C=C\C/C=C\C/C=C\CC[C@H](C)C(=O)NCCF. The summed E-state index contributed by atoms with van der Waals surface area (Å²) in [6.45, 7) is 6.07. The molecule has 0 aliphatic heterocycles. The van der Waals surface area contributed by atoms with E-state index in [-0.39, 0.29) is 18.4 Å². The van der Waals surface area contributed by atoms with Crippen LogP contribution in [0.3, 0.4) is 0 Å². The van der Waals surface area contributed by atoms with Gasteiger partial charge in [0.05, 0.1) is 0 Å². The van der Waals surface area contributed by atoms with Crippen molar-refractivity contribution in [3.05, 3.63) is 48.6 Å². The number of halogens is 1. The van der Waals surface area contributed by atoms with E-state index in [1.54, 1.807) is 0 Å². The van der Waals surface area contributed by atoms with Gasteiger partial charge in [-0.3, -0.25) is 4.79 Å². The Hall–Kier alpha value is -1.64. The molecule has 166 valence electrons. The number of alkyl halides is 1. The highest BCUT2D eigenvalue weighted by molar-refractivity contribution is 5.78. The van der Waals surface area contributed by atoms with Gasteiger partial charge in [0, 0.05) is 12.5 Å². The molecular weight excluding hydrogens is 361 g/mol. The zero-order chi connectivity index (χ0) is 21.6. The highest BCUT2D eigenvalue weighted by Crippen LogP contribution is 2.12. The number of unbranched alkanes of at least 4 members (excludes halogenated alkanes) is 3. The van der Waals surface area contributed by atoms with Crippen LogP contribution in [0, 0.1) is 11.8 Å². The fourth-order valence-electron chi connectivity index (χ4n) is 2.96. The average Bonchev–Trinajstić information content (AvgIpc) is 2.72. The molecule has 0 aromatic rings. The van der Waals surface area contributed by atoms with Crippen LogP contribution < -0.4 is 5.32 Å². The third-order valence-electron chi connectivity index (χ3n) is 4.90. The number of carbonyl (C=O) groups is 1. The maximum atomic E-state index is 12.0. The topological polar surface area (TPSA) is 29.1 Å². The van der Waals surface area contributed by atoms with Crippen LogP contribution in [0.25, 0.3) is 0 Å². The third kappa shape index (κ3) is 19.4. The van der Waals surface area contributed by atoms with E-state index in [1.807, 2.05) is 6.92 Å². The first-order chi connectivity index (χ1) is 14.1. The van der Waals surface area contributed by atoms with E-state index < -0.39 is 6.67 Å². The summed E-state index contributed by atoms with van der Waals surface area (Å²) >= 11 is 0. The van der Waals surface area contributed by atoms with Crippen LogP contribution in [-0.2, 0) is 4.79 Å². The highest BCUT2D eigenvalue weighted by Gasteiger charge is 2.10. The summed E-state index contributed by atoms with van der Waals surface area (Å²) < 4.78 is 12.0. The molecule has 0 saturated heterocycles. The lowest BCUT2D eigenvalue weighted by atomic mass is 10.0. The Morgan fingerprint density at radius 1 is 0.862 bits per heavy atom. The molecule has 1 amide bonds. The van der Waals surface area contributed by atoms with E-state index in [4.69, 9.17) is 0 Å². The molecule has 0 fully saturated rings. The molecule has 2 atom stereocenters. The first-order valence-corrected chi connectivity index (χ1v) is 11.6. The monoisotopic (exact) mass is 405 g/mol. The zero-order valence-electron chi connectivity index (χ0n) is 19.0. The first-order valence-electron chi connectivity index (χ1n) is 11.6. The smallest absolute Gasteiger partial charge is 0.222 e. The van der Waals surface area contributed by atoms with Crippen molar-refractivity contribution >= 4 is 5.91 Å². The van der Waals surface area contributed by atoms with Crippen LogP contribution in [0.5, 0.6) is 0 Å². The van der Waals surface area contributed by atoms with Gasteiger partial charge in [-0.25, -0.2) is 4.39 Å². The molecule has 29 heavy (non-hydrogen) atoms. The van der Waals surface area contributed by atoms with Gasteiger partial charge >= 0.3 is 0 Å². The van der Waals surface area contributed by atoms with Gasteiger partial charge in [-0.15, -0.1) is 0 Å². The summed E-state index contributed by atoms with van der Waals surface area (Å²) in [6, 6.07) is 0. The molecule has 0 rings (SSSR count). The molecule has 2 nitrogen and oxygen atoms in total. The van der Waals surface area contributed by atoms with E-state index in [2.05, 4.69) is 67.8 Å². The number of hydrogen-bond acceptors (Lipinski definition) is 1. The normalized spacial score (nSPS) is 14.5. The van der Waals surface area contributed by atoms with Crippen LogP contribution in [0.15, 0.2) is 48.6 Å². The molecule has 0 aromatic heterocycles. The highest BCUT2D eigenvalue weighted by atomic mass is 19.1. The van der Waals surface area contributed by atoms with Crippen LogP contribution in [0.2, 0.25) is 0 Å². The van der Waals surface area contributed by atoms with E-state index in [0.29, 0.717) is 5.92 Å². The number of carbonyl (C=O) groups excluding carboxylic acids is 1. The molecule has 0 heterocycles. The number of amides is 1. The Morgan fingerprint density at radius 3 is 2.10 bits per heavy atom.